The van der Waals surface area contributed by atoms with Crippen molar-refractivity contribution >= 4 is 12.0 Å². The largest absolute Gasteiger partial charge is 0.446 e. The molecule has 0 aliphatic carbocycles. The summed E-state index contributed by atoms with van der Waals surface area (Å²) in [5, 5.41) is 3.70. The average molecular weight is 448 g/mol. The second kappa shape index (κ2) is 9.50. The van der Waals surface area contributed by atoms with Gasteiger partial charge in [0.25, 0.3) is 0 Å². The Balaban J connectivity index is 1.81. The van der Waals surface area contributed by atoms with Crippen LogP contribution in [-0.2, 0) is 9.53 Å². The first-order chi connectivity index (χ1) is 16.0. The van der Waals surface area contributed by atoms with Crippen LogP contribution in [-0.4, -0.2) is 29.5 Å². The van der Waals surface area contributed by atoms with Gasteiger partial charge in [0.2, 0.25) is 5.91 Å². The van der Waals surface area contributed by atoms with E-state index in [1.807, 2.05) is 0 Å². The van der Waals surface area contributed by atoms with Crippen LogP contribution in [0.2, 0.25) is 0 Å². The minimum Gasteiger partial charge on any atom is -0.446 e. The molecule has 3 aromatic rings. The number of carbonyl (C=O) groups excluding carboxylic acids is 2. The molecule has 1 saturated heterocycles. The van der Waals surface area contributed by atoms with E-state index in [0.717, 1.165) is 4.90 Å². The molecule has 1 unspecified atom stereocenters. The lowest BCUT2D eigenvalue weighted by atomic mass is 9.84. The van der Waals surface area contributed by atoms with Gasteiger partial charge in [-0.25, -0.2) is 18.5 Å². The van der Waals surface area contributed by atoms with Crippen molar-refractivity contribution in [1.29, 1.82) is 0 Å². The number of hydrogen-bond acceptors (Lipinski definition) is 4. The summed E-state index contributed by atoms with van der Waals surface area (Å²) in [4.78, 5) is 29.9. The number of cyclic esters (lactones) is 1. The van der Waals surface area contributed by atoms with E-state index in [1.165, 1.54) is 42.5 Å². The van der Waals surface area contributed by atoms with Gasteiger partial charge in [-0.15, -0.1) is 0 Å². The molecule has 1 fully saturated rings. The maximum atomic E-state index is 14.1. The molecule has 0 aromatic heterocycles. The lowest BCUT2D eigenvalue weighted by Gasteiger charge is -2.28. The van der Waals surface area contributed by atoms with Gasteiger partial charge in [0, 0.05) is 10.8 Å². The molecule has 1 aliphatic heterocycles. The quantitative estimate of drug-likeness (QED) is 0.283. The zero-order valence-electron chi connectivity index (χ0n) is 17.2. The molecule has 7 nitrogen and oxygen atoms in total. The number of azide groups is 1. The van der Waals surface area contributed by atoms with Gasteiger partial charge in [-0.2, -0.15) is 0 Å². The molecule has 0 N–H and O–H groups in total. The molecule has 2 amide bonds. The summed E-state index contributed by atoms with van der Waals surface area (Å²) in [5.74, 6) is -2.84. The average Bonchev–Trinajstić information content (AvgIpc) is 3.21. The number of hydrogen-bond donors (Lipinski definition) is 0. The predicted octanol–water partition coefficient (Wildman–Crippen LogP) is 5.50. The predicted molar refractivity (Wildman–Crippen MR) is 115 cm³/mol. The van der Waals surface area contributed by atoms with E-state index in [-0.39, 0.29) is 6.61 Å². The van der Waals surface area contributed by atoms with Gasteiger partial charge in [0.1, 0.15) is 30.3 Å². The summed E-state index contributed by atoms with van der Waals surface area (Å²) < 4.78 is 32.8. The van der Waals surface area contributed by atoms with Crippen LogP contribution in [0, 0.1) is 11.6 Å². The Kier molecular flexibility index (Phi) is 6.33. The van der Waals surface area contributed by atoms with Gasteiger partial charge >= 0.3 is 6.09 Å². The van der Waals surface area contributed by atoms with Crippen molar-refractivity contribution < 1.29 is 23.1 Å². The molecule has 1 heterocycles. The number of carbonyl (C=O) groups is 2. The second-order valence-corrected chi connectivity index (χ2v) is 7.45. The molecular weight excluding hydrogens is 430 g/mol. The first-order valence-corrected chi connectivity index (χ1v) is 10.1. The fraction of sp³-hybridized carbons (Fsp3) is 0.167. The molecule has 3 aromatic carbocycles. The van der Waals surface area contributed by atoms with Crippen molar-refractivity contribution in [2.75, 3.05) is 6.61 Å². The Hall–Kier alpha value is -4.23. The lowest BCUT2D eigenvalue weighted by molar-refractivity contribution is -0.130. The SMILES string of the molecule is [N-]=[N+]=N[C@H](C(=O)N1C(=O)OCC1c1ccccc1)[C@H](c1ccc(F)cc1)c1cccc(F)c1. The molecule has 33 heavy (non-hydrogen) atoms. The molecule has 0 spiro atoms. The van der Waals surface area contributed by atoms with Crippen LogP contribution in [0.15, 0.2) is 84.0 Å². The third kappa shape index (κ3) is 4.53. The highest BCUT2D eigenvalue weighted by Gasteiger charge is 2.44. The summed E-state index contributed by atoms with van der Waals surface area (Å²) in [5.41, 5.74) is 10.7. The van der Waals surface area contributed by atoms with Crippen LogP contribution in [0.1, 0.15) is 28.7 Å². The maximum absolute atomic E-state index is 14.1. The van der Waals surface area contributed by atoms with E-state index in [0.29, 0.717) is 16.7 Å². The first kappa shape index (κ1) is 22.0. The van der Waals surface area contributed by atoms with Crippen molar-refractivity contribution in [3.8, 4) is 0 Å². The smallest absolute Gasteiger partial charge is 0.417 e. The Morgan fingerprint density at radius 2 is 1.73 bits per heavy atom. The van der Waals surface area contributed by atoms with E-state index in [4.69, 9.17) is 4.74 Å². The van der Waals surface area contributed by atoms with E-state index in [1.54, 1.807) is 36.4 Å². The maximum Gasteiger partial charge on any atom is 0.417 e. The molecule has 0 radical (unpaired) electrons. The monoisotopic (exact) mass is 448 g/mol. The molecule has 4 rings (SSSR count). The summed E-state index contributed by atoms with van der Waals surface area (Å²) in [6.45, 7) is -0.0568. The van der Waals surface area contributed by atoms with E-state index < -0.39 is 41.6 Å². The Morgan fingerprint density at radius 1 is 1.00 bits per heavy atom. The third-order valence-corrected chi connectivity index (χ3v) is 5.48. The van der Waals surface area contributed by atoms with Crippen LogP contribution in [0.25, 0.3) is 10.4 Å². The number of rotatable bonds is 6. The molecular formula is C24H18F2N4O3. The van der Waals surface area contributed by atoms with Crippen molar-refractivity contribution in [3.05, 3.63) is 118 Å². The van der Waals surface area contributed by atoms with E-state index >= 15 is 0 Å². The lowest BCUT2D eigenvalue weighted by Crippen LogP contribution is -2.43. The molecule has 3 atom stereocenters. The topological polar surface area (TPSA) is 95.4 Å². The van der Waals surface area contributed by atoms with Gasteiger partial charge in [-0.05, 0) is 46.5 Å². The highest BCUT2D eigenvalue weighted by Crippen LogP contribution is 2.35. The van der Waals surface area contributed by atoms with Crippen LogP contribution < -0.4 is 0 Å². The number of amides is 2. The van der Waals surface area contributed by atoms with Crippen LogP contribution in [0.5, 0.6) is 0 Å². The van der Waals surface area contributed by atoms with Gasteiger partial charge in [-0.3, -0.25) is 4.79 Å². The zero-order valence-corrected chi connectivity index (χ0v) is 17.2. The molecule has 0 saturated carbocycles. The number of nitrogens with zero attached hydrogens (tertiary/aromatic N) is 4. The standard InChI is InChI=1S/C24H18F2N4O3/c25-18-11-9-16(10-12-18)21(17-7-4-8-19(26)13-17)22(28-29-27)23(31)30-20(14-33-24(30)32)15-5-2-1-3-6-15/h1-13,20-22H,14H2/t20?,21-,22+/m1/s1. The van der Waals surface area contributed by atoms with Gasteiger partial charge in [-0.1, -0.05) is 59.7 Å². The molecule has 1 aliphatic rings. The summed E-state index contributed by atoms with van der Waals surface area (Å²) in [6, 6.07) is 17.3. The summed E-state index contributed by atoms with van der Waals surface area (Å²) >= 11 is 0. The van der Waals surface area contributed by atoms with Crippen molar-refractivity contribution in [3.63, 3.8) is 0 Å². The van der Waals surface area contributed by atoms with Crippen molar-refractivity contribution in [2.24, 2.45) is 5.11 Å². The fourth-order valence-corrected chi connectivity index (χ4v) is 3.97. The van der Waals surface area contributed by atoms with Crippen LogP contribution in [0.4, 0.5) is 13.6 Å². The van der Waals surface area contributed by atoms with Crippen molar-refractivity contribution in [1.82, 2.24) is 4.90 Å². The Morgan fingerprint density at radius 3 is 2.39 bits per heavy atom. The highest BCUT2D eigenvalue weighted by molar-refractivity contribution is 5.97. The molecule has 9 heteroatoms. The first-order valence-electron chi connectivity index (χ1n) is 10.1. The Bertz CT molecular complexity index is 1210. The minimum absolute atomic E-state index is 0.0568. The van der Waals surface area contributed by atoms with Crippen LogP contribution >= 0.6 is 0 Å². The van der Waals surface area contributed by atoms with E-state index in [9.17, 15) is 23.9 Å². The highest BCUT2D eigenvalue weighted by atomic mass is 19.1. The zero-order chi connectivity index (χ0) is 23.4. The van der Waals surface area contributed by atoms with Gasteiger partial charge in [0.15, 0.2) is 0 Å². The number of halogens is 2. The van der Waals surface area contributed by atoms with E-state index in [2.05, 4.69) is 10.0 Å². The number of imide groups is 1. The molecule has 166 valence electrons. The summed E-state index contributed by atoms with van der Waals surface area (Å²) in [7, 11) is 0. The summed E-state index contributed by atoms with van der Waals surface area (Å²) in [6.07, 6.45) is -0.871. The van der Waals surface area contributed by atoms with Gasteiger partial charge in [0.05, 0.1) is 0 Å². The van der Waals surface area contributed by atoms with Crippen LogP contribution in [0.3, 0.4) is 0 Å². The van der Waals surface area contributed by atoms with Crippen molar-refractivity contribution in [2.45, 2.75) is 18.0 Å². The third-order valence-electron chi connectivity index (χ3n) is 5.48. The fourth-order valence-electron chi connectivity index (χ4n) is 3.97. The van der Waals surface area contributed by atoms with Gasteiger partial charge < -0.3 is 4.74 Å². The normalized spacial score (nSPS) is 17.1. The minimum atomic E-state index is -1.46. The molecule has 0 bridgehead atoms. The number of benzene rings is 3. The Labute approximate surface area is 187 Å². The number of ether oxygens (including phenoxy) is 1. The second-order valence-electron chi connectivity index (χ2n) is 7.45.